The summed E-state index contributed by atoms with van der Waals surface area (Å²) in [6.45, 7) is 7.24. The zero-order valence-electron chi connectivity index (χ0n) is 10.1. The maximum atomic E-state index is 11.3. The summed E-state index contributed by atoms with van der Waals surface area (Å²) in [7, 11) is 0. The molecule has 0 fully saturated rings. The van der Waals surface area contributed by atoms with E-state index in [4.69, 9.17) is 0 Å². The van der Waals surface area contributed by atoms with Gasteiger partial charge in [-0.1, -0.05) is 12.6 Å². The van der Waals surface area contributed by atoms with E-state index < -0.39 is 0 Å². The zero-order valence-corrected chi connectivity index (χ0v) is 10.1. The van der Waals surface area contributed by atoms with Crippen molar-refractivity contribution in [2.75, 3.05) is 10.6 Å². The molecule has 0 radical (unpaired) electrons. The third kappa shape index (κ3) is 2.66. The van der Waals surface area contributed by atoms with Crippen LogP contribution in [0.4, 0.5) is 11.4 Å². The second-order valence-corrected chi connectivity index (χ2v) is 4.03. The molecule has 1 heterocycles. The van der Waals surface area contributed by atoms with Gasteiger partial charge in [0, 0.05) is 29.7 Å². The molecule has 4 nitrogen and oxygen atoms in total. The van der Waals surface area contributed by atoms with E-state index in [1.165, 1.54) is 0 Å². The highest BCUT2D eigenvalue weighted by molar-refractivity contribution is 5.95. The highest BCUT2D eigenvalue weighted by Gasteiger charge is 2.17. The Kier molecular flexibility index (Phi) is 3.57. The number of nitrogens with zero attached hydrogens (tertiary/aromatic N) is 1. The molecule has 0 saturated carbocycles. The summed E-state index contributed by atoms with van der Waals surface area (Å²) in [5.41, 5.74) is 3.67. The van der Waals surface area contributed by atoms with Gasteiger partial charge in [-0.3, -0.25) is 9.79 Å². The van der Waals surface area contributed by atoms with Crippen LogP contribution in [0.15, 0.2) is 47.7 Å². The van der Waals surface area contributed by atoms with Crippen molar-refractivity contribution in [3.8, 4) is 0 Å². The number of carbonyl (C=O) groups is 1. The van der Waals surface area contributed by atoms with Crippen LogP contribution < -0.4 is 10.6 Å². The first-order chi connectivity index (χ1) is 8.70. The van der Waals surface area contributed by atoms with E-state index >= 15 is 0 Å². The monoisotopic (exact) mass is 241 g/mol. The van der Waals surface area contributed by atoms with Gasteiger partial charge in [-0.15, -0.1) is 0 Å². The lowest BCUT2D eigenvalue weighted by molar-refractivity contribution is -0.116. The summed E-state index contributed by atoms with van der Waals surface area (Å²) < 4.78 is 0. The largest absolute Gasteiger partial charge is 0.356 e. The molecule has 0 spiro atoms. The molecule has 4 heteroatoms. The maximum Gasteiger partial charge on any atom is 0.224 e. The average Bonchev–Trinajstić information content (AvgIpc) is 2.36. The molecule has 2 rings (SSSR count). The number of benzene rings is 1. The minimum Gasteiger partial charge on any atom is -0.356 e. The van der Waals surface area contributed by atoms with Gasteiger partial charge in [0.25, 0.3) is 0 Å². The van der Waals surface area contributed by atoms with Crippen molar-refractivity contribution in [2.24, 2.45) is 4.99 Å². The fraction of sp³-hybridized carbons (Fsp3) is 0.143. The van der Waals surface area contributed by atoms with E-state index in [9.17, 15) is 4.79 Å². The molecule has 1 aromatic carbocycles. The van der Waals surface area contributed by atoms with E-state index in [1.54, 1.807) is 12.3 Å². The number of hydrogen-bond acceptors (Lipinski definition) is 3. The maximum absolute atomic E-state index is 11.3. The third-order valence-corrected chi connectivity index (χ3v) is 2.73. The molecule has 0 bridgehead atoms. The Morgan fingerprint density at radius 1 is 1.44 bits per heavy atom. The van der Waals surface area contributed by atoms with Crippen LogP contribution in [0.3, 0.4) is 0 Å². The lowest BCUT2D eigenvalue weighted by atomic mass is 10.0. The summed E-state index contributed by atoms with van der Waals surface area (Å²) >= 11 is 0. The van der Waals surface area contributed by atoms with Gasteiger partial charge in [0.05, 0.1) is 0 Å². The van der Waals surface area contributed by atoms with Crippen molar-refractivity contribution in [1.29, 1.82) is 0 Å². The van der Waals surface area contributed by atoms with Gasteiger partial charge in [0.1, 0.15) is 0 Å². The van der Waals surface area contributed by atoms with Gasteiger partial charge >= 0.3 is 0 Å². The van der Waals surface area contributed by atoms with Crippen molar-refractivity contribution in [1.82, 2.24) is 0 Å². The number of rotatable bonds is 4. The molecule has 1 aliphatic heterocycles. The molecule has 0 aliphatic carbocycles. The molecule has 1 amide bonds. The Bertz CT molecular complexity index is 532. The standard InChI is InChI=1S/C14H15N3O/c1-10(8-9-15-2)16-12-4-3-5-13-11(12)6-7-14(18)17-13/h3-5,8-9,16H,1-2,6-7H2,(H,17,18)/b9-8-. The van der Waals surface area contributed by atoms with Gasteiger partial charge in [-0.05, 0) is 36.9 Å². The first-order valence-corrected chi connectivity index (χ1v) is 5.71. The summed E-state index contributed by atoms with van der Waals surface area (Å²) in [6, 6.07) is 5.77. The lowest BCUT2D eigenvalue weighted by Gasteiger charge is -2.20. The second-order valence-electron chi connectivity index (χ2n) is 4.03. The predicted octanol–water partition coefficient (Wildman–Crippen LogP) is 2.71. The van der Waals surface area contributed by atoms with Crippen molar-refractivity contribution in [3.63, 3.8) is 0 Å². The molecule has 2 N–H and O–H groups in total. The quantitative estimate of drug-likeness (QED) is 0.629. The number of carbonyl (C=O) groups excluding carboxylic acids is 1. The van der Waals surface area contributed by atoms with Gasteiger partial charge in [0.2, 0.25) is 5.91 Å². The van der Waals surface area contributed by atoms with Crippen molar-refractivity contribution < 1.29 is 4.79 Å². The van der Waals surface area contributed by atoms with Crippen LogP contribution in [-0.2, 0) is 11.2 Å². The third-order valence-electron chi connectivity index (χ3n) is 2.73. The molecule has 0 atom stereocenters. The van der Waals surface area contributed by atoms with E-state index in [-0.39, 0.29) is 5.91 Å². The second kappa shape index (κ2) is 5.31. The molecule has 0 saturated heterocycles. The van der Waals surface area contributed by atoms with Crippen molar-refractivity contribution >= 4 is 24.0 Å². The number of hydrogen-bond donors (Lipinski definition) is 2. The van der Waals surface area contributed by atoms with Crippen LogP contribution in [0.1, 0.15) is 12.0 Å². The number of aliphatic imine (C=N–C) groups is 1. The smallest absolute Gasteiger partial charge is 0.224 e. The van der Waals surface area contributed by atoms with Gasteiger partial charge in [0.15, 0.2) is 0 Å². The Hall–Kier alpha value is -2.36. The number of amides is 1. The van der Waals surface area contributed by atoms with Crippen LogP contribution in [0, 0.1) is 0 Å². The molecule has 0 unspecified atom stereocenters. The van der Waals surface area contributed by atoms with Gasteiger partial charge in [-0.2, -0.15) is 0 Å². The van der Waals surface area contributed by atoms with E-state index in [1.807, 2.05) is 18.2 Å². The van der Waals surface area contributed by atoms with Crippen LogP contribution in [0.5, 0.6) is 0 Å². The molecule has 0 aromatic heterocycles. The van der Waals surface area contributed by atoms with E-state index in [0.717, 1.165) is 29.1 Å². The summed E-state index contributed by atoms with van der Waals surface area (Å²) in [4.78, 5) is 14.9. The molecule has 1 aromatic rings. The predicted molar refractivity (Wildman–Crippen MR) is 74.8 cm³/mol. The van der Waals surface area contributed by atoms with Crippen LogP contribution in [0.25, 0.3) is 0 Å². The minimum absolute atomic E-state index is 0.0641. The minimum atomic E-state index is 0.0641. The number of fused-ring (bicyclic) bond motifs is 1. The molecule has 1 aliphatic rings. The van der Waals surface area contributed by atoms with Gasteiger partial charge < -0.3 is 10.6 Å². The van der Waals surface area contributed by atoms with Crippen LogP contribution >= 0.6 is 0 Å². The molecule has 18 heavy (non-hydrogen) atoms. The number of nitrogens with one attached hydrogen (secondary N) is 2. The first-order valence-electron chi connectivity index (χ1n) is 5.71. The molecular weight excluding hydrogens is 226 g/mol. The van der Waals surface area contributed by atoms with Crippen molar-refractivity contribution in [2.45, 2.75) is 12.8 Å². The van der Waals surface area contributed by atoms with E-state index in [2.05, 4.69) is 28.9 Å². The summed E-state index contributed by atoms with van der Waals surface area (Å²) in [5.74, 6) is 0.0641. The van der Waals surface area contributed by atoms with Crippen LogP contribution in [-0.4, -0.2) is 12.6 Å². The Balaban J connectivity index is 2.21. The summed E-state index contributed by atoms with van der Waals surface area (Å²) in [6.07, 6.45) is 4.57. The zero-order chi connectivity index (χ0) is 13.0. The normalized spacial score (nSPS) is 13.9. The summed E-state index contributed by atoms with van der Waals surface area (Å²) in [5, 5.41) is 6.06. The van der Waals surface area contributed by atoms with Gasteiger partial charge in [-0.25, -0.2) is 0 Å². The Labute approximate surface area is 106 Å². The SMILES string of the molecule is C=N/C=C\C(=C)Nc1cccc2c1CCC(=O)N2. The lowest BCUT2D eigenvalue weighted by Crippen LogP contribution is -2.19. The molecule has 92 valence electrons. The first kappa shape index (κ1) is 12.1. The highest BCUT2D eigenvalue weighted by Crippen LogP contribution is 2.29. The number of allylic oxidation sites excluding steroid dienone is 1. The fourth-order valence-electron chi connectivity index (χ4n) is 1.90. The van der Waals surface area contributed by atoms with Crippen LogP contribution in [0.2, 0.25) is 0 Å². The fourth-order valence-corrected chi connectivity index (χ4v) is 1.90. The highest BCUT2D eigenvalue weighted by atomic mass is 16.1. The number of anilines is 2. The topological polar surface area (TPSA) is 53.5 Å². The Morgan fingerprint density at radius 2 is 2.28 bits per heavy atom. The van der Waals surface area contributed by atoms with E-state index in [0.29, 0.717) is 6.42 Å². The Morgan fingerprint density at radius 3 is 3.06 bits per heavy atom. The van der Waals surface area contributed by atoms with Crippen molar-refractivity contribution in [3.05, 3.63) is 48.3 Å². The molecular formula is C14H15N3O. The average molecular weight is 241 g/mol.